The zero-order valence-corrected chi connectivity index (χ0v) is 30.5. The summed E-state index contributed by atoms with van der Waals surface area (Å²) in [5, 5.41) is 0. The molecule has 8 atom stereocenters. The van der Waals surface area contributed by atoms with Gasteiger partial charge in [-0.2, -0.15) is 0 Å². The van der Waals surface area contributed by atoms with Gasteiger partial charge in [0.15, 0.2) is 29.2 Å². The lowest BCUT2D eigenvalue weighted by Gasteiger charge is -2.29. The van der Waals surface area contributed by atoms with E-state index in [1.54, 1.807) is 7.11 Å². The number of methoxy groups -OCH3 is 2. The standard InChI is InChI=1S/C40H46O12/c1-8-15-44-23-11-12-24-26(17-23)32(33(37(41)43-7)31(24)21-9-14-27-29(16-21)46-20-45-27)25-13-10-22(42-6)18-28(25)48-38-36-35(51-40(4,5)52-36)34(49-38)30-19-47-39(2,3)50-30/h9-14,16-18,30-36,38H,8,15,19-20H2,1-7H3/t30-,31+,32-,33+,34-,35+,36+,38+/m1/s1. The molecule has 0 spiro atoms. The van der Waals surface area contributed by atoms with E-state index in [0.29, 0.717) is 42.0 Å². The number of fused-ring (bicyclic) bond motifs is 3. The van der Waals surface area contributed by atoms with E-state index in [2.05, 4.69) is 6.92 Å². The average Bonchev–Trinajstić information content (AvgIpc) is 3.94. The third-order valence-electron chi connectivity index (χ3n) is 10.4. The molecular weight excluding hydrogens is 672 g/mol. The summed E-state index contributed by atoms with van der Waals surface area (Å²) in [5.74, 6) is -0.537. The van der Waals surface area contributed by atoms with Crippen LogP contribution in [0.5, 0.6) is 28.7 Å². The van der Waals surface area contributed by atoms with Crippen molar-refractivity contribution in [3.8, 4) is 28.7 Å². The van der Waals surface area contributed by atoms with Gasteiger partial charge < -0.3 is 52.1 Å². The maximum absolute atomic E-state index is 14.1. The molecule has 1 aliphatic carbocycles. The van der Waals surface area contributed by atoms with E-state index >= 15 is 0 Å². The number of hydrogen-bond donors (Lipinski definition) is 0. The van der Waals surface area contributed by atoms with E-state index in [4.69, 9.17) is 52.1 Å². The van der Waals surface area contributed by atoms with Crippen molar-refractivity contribution >= 4 is 5.97 Å². The minimum Gasteiger partial charge on any atom is -0.497 e. The molecular formula is C40H46O12. The summed E-state index contributed by atoms with van der Waals surface area (Å²) < 4.78 is 67.1. The van der Waals surface area contributed by atoms with Crippen molar-refractivity contribution in [2.24, 2.45) is 5.92 Å². The molecule has 0 amide bonds. The summed E-state index contributed by atoms with van der Waals surface area (Å²) in [6.07, 6.45) is -1.99. The number of hydrogen-bond acceptors (Lipinski definition) is 12. The zero-order chi connectivity index (χ0) is 36.4. The molecule has 0 radical (unpaired) electrons. The Morgan fingerprint density at radius 1 is 0.788 bits per heavy atom. The highest BCUT2D eigenvalue weighted by Gasteiger charge is 2.60. The van der Waals surface area contributed by atoms with Crippen molar-refractivity contribution in [3.05, 3.63) is 76.9 Å². The van der Waals surface area contributed by atoms with Gasteiger partial charge >= 0.3 is 5.97 Å². The molecule has 12 nitrogen and oxygen atoms in total. The van der Waals surface area contributed by atoms with Crippen molar-refractivity contribution in [3.63, 3.8) is 0 Å². The van der Waals surface area contributed by atoms with Crippen molar-refractivity contribution < 1.29 is 56.9 Å². The van der Waals surface area contributed by atoms with Gasteiger partial charge in [0.25, 0.3) is 0 Å². The minimum absolute atomic E-state index is 0.142. The minimum atomic E-state index is -0.878. The second-order valence-electron chi connectivity index (χ2n) is 14.7. The van der Waals surface area contributed by atoms with Crippen molar-refractivity contribution in [1.82, 2.24) is 0 Å². The van der Waals surface area contributed by atoms with Gasteiger partial charge in [0.1, 0.15) is 35.6 Å². The molecule has 12 heteroatoms. The van der Waals surface area contributed by atoms with Crippen LogP contribution in [-0.2, 0) is 33.2 Å². The van der Waals surface area contributed by atoms with Crippen molar-refractivity contribution in [1.29, 1.82) is 0 Å². The first-order valence-electron chi connectivity index (χ1n) is 17.9. The lowest BCUT2D eigenvalue weighted by atomic mass is 9.79. The van der Waals surface area contributed by atoms with E-state index in [0.717, 1.165) is 28.7 Å². The lowest BCUT2D eigenvalue weighted by molar-refractivity contribution is -0.230. The third kappa shape index (κ3) is 6.24. The molecule has 52 heavy (non-hydrogen) atoms. The topological polar surface area (TPSA) is 119 Å². The van der Waals surface area contributed by atoms with Crippen LogP contribution in [0.4, 0.5) is 0 Å². The largest absolute Gasteiger partial charge is 0.497 e. The molecule has 0 N–H and O–H groups in total. The van der Waals surface area contributed by atoms with Crippen molar-refractivity contribution in [2.45, 2.75) is 95.2 Å². The molecule has 8 rings (SSSR count). The highest BCUT2D eigenvalue weighted by molar-refractivity contribution is 5.80. The van der Waals surface area contributed by atoms with Crippen LogP contribution in [0.2, 0.25) is 0 Å². The Labute approximate surface area is 303 Å². The Hall–Kier alpha value is -4.07. The van der Waals surface area contributed by atoms with Crippen LogP contribution in [0.1, 0.15) is 75.1 Å². The Balaban J connectivity index is 1.22. The quantitative estimate of drug-likeness (QED) is 0.227. The Morgan fingerprint density at radius 2 is 1.56 bits per heavy atom. The fourth-order valence-electron chi connectivity index (χ4n) is 8.25. The van der Waals surface area contributed by atoms with Crippen LogP contribution >= 0.6 is 0 Å². The predicted octanol–water partition coefficient (Wildman–Crippen LogP) is 6.05. The predicted molar refractivity (Wildman–Crippen MR) is 185 cm³/mol. The van der Waals surface area contributed by atoms with E-state index in [-0.39, 0.29) is 18.7 Å². The molecule has 3 fully saturated rings. The highest BCUT2D eigenvalue weighted by Crippen LogP contribution is 2.57. The molecule has 278 valence electrons. The molecule has 3 aromatic rings. The van der Waals surface area contributed by atoms with Crippen LogP contribution in [-0.4, -0.2) is 82.5 Å². The summed E-state index contributed by atoms with van der Waals surface area (Å²) in [5.41, 5.74) is 3.53. The monoisotopic (exact) mass is 718 g/mol. The molecule has 3 saturated heterocycles. The molecule has 0 saturated carbocycles. The van der Waals surface area contributed by atoms with E-state index in [1.165, 1.54) is 7.11 Å². The number of rotatable bonds is 10. The Kier molecular flexibility index (Phi) is 9.02. The molecule has 0 unspecified atom stereocenters. The highest BCUT2D eigenvalue weighted by atomic mass is 16.8. The fourth-order valence-corrected chi connectivity index (χ4v) is 8.25. The Bertz CT molecular complexity index is 1820. The van der Waals surface area contributed by atoms with Gasteiger partial charge in [-0.1, -0.05) is 25.1 Å². The summed E-state index contributed by atoms with van der Waals surface area (Å²) in [7, 11) is 3.02. The van der Waals surface area contributed by atoms with Crippen LogP contribution in [0.15, 0.2) is 54.6 Å². The van der Waals surface area contributed by atoms with Crippen LogP contribution in [0.3, 0.4) is 0 Å². The van der Waals surface area contributed by atoms with E-state index in [9.17, 15) is 4.79 Å². The van der Waals surface area contributed by atoms with Crippen LogP contribution in [0, 0.1) is 5.92 Å². The number of esters is 1. The molecule has 4 heterocycles. The maximum atomic E-state index is 14.1. The lowest BCUT2D eigenvalue weighted by Crippen LogP contribution is -2.40. The van der Waals surface area contributed by atoms with Gasteiger partial charge in [0.2, 0.25) is 13.1 Å². The van der Waals surface area contributed by atoms with E-state index < -0.39 is 54.1 Å². The van der Waals surface area contributed by atoms with Crippen molar-refractivity contribution in [2.75, 3.05) is 34.2 Å². The average molecular weight is 719 g/mol. The number of carbonyl (C=O) groups excluding carboxylic acids is 1. The fraction of sp³-hybridized carbons (Fsp3) is 0.525. The van der Waals surface area contributed by atoms with Gasteiger partial charge in [-0.25, -0.2) is 0 Å². The molecule has 0 aromatic heterocycles. The summed E-state index contributed by atoms with van der Waals surface area (Å²) in [6, 6.07) is 17.5. The van der Waals surface area contributed by atoms with Crippen LogP contribution < -0.4 is 23.7 Å². The summed E-state index contributed by atoms with van der Waals surface area (Å²) in [4.78, 5) is 14.1. The molecule has 4 aliphatic heterocycles. The van der Waals surface area contributed by atoms with Gasteiger partial charge in [-0.15, -0.1) is 0 Å². The molecule has 0 bridgehead atoms. The second-order valence-corrected chi connectivity index (χ2v) is 14.7. The summed E-state index contributed by atoms with van der Waals surface area (Å²) >= 11 is 0. The van der Waals surface area contributed by atoms with Gasteiger partial charge in [0, 0.05) is 23.5 Å². The first kappa shape index (κ1) is 35.0. The first-order valence-corrected chi connectivity index (χ1v) is 17.9. The number of ether oxygens (including phenoxy) is 11. The normalized spacial score (nSPS) is 30.5. The first-order chi connectivity index (χ1) is 25.0. The summed E-state index contributed by atoms with van der Waals surface area (Å²) in [6.45, 7) is 10.6. The maximum Gasteiger partial charge on any atom is 0.310 e. The molecule has 3 aromatic carbocycles. The van der Waals surface area contributed by atoms with Gasteiger partial charge in [-0.05, 0) is 81.1 Å². The van der Waals surface area contributed by atoms with E-state index in [1.807, 2.05) is 82.3 Å². The smallest absolute Gasteiger partial charge is 0.310 e. The second kappa shape index (κ2) is 13.4. The SMILES string of the molecule is CCCOc1ccc2c(c1)[C@@H](c1ccc(OC)cc1O[C@H]1O[C@H]([C@H]3COC(C)(C)O3)[C@@H]3OC(C)(C)O[C@H]13)[C@@H](C(=O)OC)[C@H]2c1ccc2c(c1)OCO2. The Morgan fingerprint density at radius 3 is 2.31 bits per heavy atom. The number of carbonyl (C=O) groups is 1. The molecule has 5 aliphatic rings. The van der Waals surface area contributed by atoms with Crippen LogP contribution in [0.25, 0.3) is 0 Å². The van der Waals surface area contributed by atoms with Gasteiger partial charge in [-0.3, -0.25) is 4.79 Å². The van der Waals surface area contributed by atoms with Gasteiger partial charge in [0.05, 0.1) is 33.4 Å². The third-order valence-corrected chi connectivity index (χ3v) is 10.4. The number of benzene rings is 3. The zero-order valence-electron chi connectivity index (χ0n) is 30.5.